The zero-order valence-corrected chi connectivity index (χ0v) is 21.9. The van der Waals surface area contributed by atoms with E-state index in [4.69, 9.17) is 0 Å². The Bertz CT molecular complexity index is 1160. The fraction of sp³-hybridized carbons (Fsp3) is 0.577. The highest BCUT2D eigenvalue weighted by Crippen LogP contribution is 2.37. The van der Waals surface area contributed by atoms with Gasteiger partial charge in [0.25, 0.3) is 15.9 Å². The normalized spacial score (nSPS) is 21.5. The highest BCUT2D eigenvalue weighted by atomic mass is 32.2. The summed E-state index contributed by atoms with van der Waals surface area (Å²) in [4.78, 5) is 24.0. The van der Waals surface area contributed by atoms with Crippen LogP contribution in [0.5, 0.6) is 0 Å². The number of nitrogens with zero attached hydrogens (tertiary/aromatic N) is 3. The molecule has 1 amide bonds. The van der Waals surface area contributed by atoms with Crippen molar-refractivity contribution >= 4 is 27.6 Å². The number of rotatable bonds is 7. The van der Waals surface area contributed by atoms with Crippen LogP contribution in [-0.2, 0) is 10.0 Å². The molecule has 2 atom stereocenters. The van der Waals surface area contributed by atoms with E-state index in [0.29, 0.717) is 23.5 Å². The second-order valence-corrected chi connectivity index (χ2v) is 12.4. The molecule has 1 aliphatic carbocycles. The number of aromatic nitrogens is 2. The van der Waals surface area contributed by atoms with Crippen molar-refractivity contribution in [2.24, 2.45) is 11.8 Å². The van der Waals surface area contributed by atoms with Gasteiger partial charge in [-0.05, 0) is 76.1 Å². The summed E-state index contributed by atoms with van der Waals surface area (Å²) in [6.07, 6.45) is 8.67. The minimum absolute atomic E-state index is 0.182. The number of pyridine rings is 2. The lowest BCUT2D eigenvalue weighted by Gasteiger charge is -2.33. The lowest BCUT2D eigenvalue weighted by molar-refractivity contribution is 0.0981. The standard InChI is InChI=1S/C26H37N5O3S/c1-18-16-26(3,4)31(17-18)24-21(12-9-15-27-24)25(32)30-35(33,34)23-14-8-13-22(29-23)28-19(2)20-10-6-5-7-11-20/h8-9,12-15,18-20H,5-7,10-11,16-17H2,1-4H3,(H,28,29)(H,30,32). The number of nitrogens with one attached hydrogen (secondary N) is 2. The topological polar surface area (TPSA) is 104 Å². The largest absolute Gasteiger partial charge is 0.367 e. The Morgan fingerprint density at radius 3 is 2.57 bits per heavy atom. The monoisotopic (exact) mass is 499 g/mol. The first kappa shape index (κ1) is 25.4. The number of hydrogen-bond acceptors (Lipinski definition) is 7. The van der Waals surface area contributed by atoms with Gasteiger partial charge in [-0.1, -0.05) is 32.3 Å². The average Bonchev–Trinajstić information content (AvgIpc) is 3.11. The SMILES string of the molecule is CC1CN(c2ncccc2C(=O)NS(=O)(=O)c2cccc(NC(C)C3CCCCC3)n2)C(C)(C)C1. The minimum Gasteiger partial charge on any atom is -0.367 e. The van der Waals surface area contributed by atoms with E-state index in [1.54, 1.807) is 30.5 Å². The summed E-state index contributed by atoms with van der Waals surface area (Å²) in [5, 5.41) is 3.18. The van der Waals surface area contributed by atoms with Crippen molar-refractivity contribution in [3.05, 3.63) is 42.1 Å². The molecule has 1 saturated heterocycles. The van der Waals surface area contributed by atoms with Crippen molar-refractivity contribution < 1.29 is 13.2 Å². The molecule has 0 bridgehead atoms. The smallest absolute Gasteiger partial charge is 0.281 e. The molecule has 1 aliphatic heterocycles. The Morgan fingerprint density at radius 1 is 1.14 bits per heavy atom. The van der Waals surface area contributed by atoms with Crippen LogP contribution in [0.1, 0.15) is 76.6 Å². The molecular weight excluding hydrogens is 462 g/mol. The first-order valence-electron chi connectivity index (χ1n) is 12.6. The Morgan fingerprint density at radius 2 is 1.89 bits per heavy atom. The van der Waals surface area contributed by atoms with E-state index in [-0.39, 0.29) is 22.2 Å². The molecule has 9 heteroatoms. The molecule has 2 aromatic heterocycles. The molecular formula is C26H37N5O3S. The van der Waals surface area contributed by atoms with E-state index in [1.807, 2.05) is 0 Å². The molecule has 0 spiro atoms. The summed E-state index contributed by atoms with van der Waals surface area (Å²) in [7, 11) is -4.17. The summed E-state index contributed by atoms with van der Waals surface area (Å²) in [6.45, 7) is 9.26. The Hall–Kier alpha value is -2.68. The first-order chi connectivity index (χ1) is 16.6. The van der Waals surface area contributed by atoms with Crippen molar-refractivity contribution in [2.75, 3.05) is 16.8 Å². The Balaban J connectivity index is 1.51. The quantitative estimate of drug-likeness (QED) is 0.574. The van der Waals surface area contributed by atoms with Gasteiger partial charge in [-0.2, -0.15) is 8.42 Å². The van der Waals surface area contributed by atoms with Gasteiger partial charge >= 0.3 is 0 Å². The van der Waals surface area contributed by atoms with Crippen molar-refractivity contribution in [1.29, 1.82) is 0 Å². The van der Waals surface area contributed by atoms with Gasteiger partial charge in [-0.15, -0.1) is 0 Å². The molecule has 0 radical (unpaired) electrons. The van der Waals surface area contributed by atoms with Crippen LogP contribution >= 0.6 is 0 Å². The van der Waals surface area contributed by atoms with Gasteiger partial charge in [0.15, 0.2) is 5.03 Å². The van der Waals surface area contributed by atoms with Gasteiger partial charge in [-0.25, -0.2) is 14.7 Å². The number of anilines is 2. The maximum absolute atomic E-state index is 13.2. The molecule has 2 aliphatic rings. The van der Waals surface area contributed by atoms with Gasteiger partial charge in [0.05, 0.1) is 5.56 Å². The van der Waals surface area contributed by atoms with E-state index in [1.165, 1.54) is 38.2 Å². The maximum atomic E-state index is 13.2. The van der Waals surface area contributed by atoms with Crippen molar-refractivity contribution in [3.63, 3.8) is 0 Å². The first-order valence-corrected chi connectivity index (χ1v) is 14.1. The third-order valence-electron chi connectivity index (χ3n) is 7.32. The van der Waals surface area contributed by atoms with Crippen LogP contribution < -0.4 is 14.9 Å². The molecule has 1 saturated carbocycles. The summed E-state index contributed by atoms with van der Waals surface area (Å²) in [5.41, 5.74) is 0.0524. The highest BCUT2D eigenvalue weighted by molar-refractivity contribution is 7.90. The van der Waals surface area contributed by atoms with Crippen LogP contribution in [0.2, 0.25) is 0 Å². The highest BCUT2D eigenvalue weighted by Gasteiger charge is 2.39. The predicted molar refractivity (Wildman–Crippen MR) is 138 cm³/mol. The Labute approximate surface area is 209 Å². The maximum Gasteiger partial charge on any atom is 0.281 e. The van der Waals surface area contributed by atoms with Crippen LogP contribution in [0.3, 0.4) is 0 Å². The number of carbonyl (C=O) groups excluding carboxylic acids is 1. The summed E-state index contributed by atoms with van der Waals surface area (Å²) in [6, 6.07) is 8.26. The van der Waals surface area contributed by atoms with Crippen molar-refractivity contribution in [3.8, 4) is 0 Å². The van der Waals surface area contributed by atoms with Gasteiger partial charge in [0.1, 0.15) is 11.6 Å². The van der Waals surface area contributed by atoms with E-state index < -0.39 is 15.9 Å². The fourth-order valence-corrected chi connectivity index (χ4v) is 6.54. The van der Waals surface area contributed by atoms with Gasteiger partial charge in [-0.3, -0.25) is 4.79 Å². The molecule has 190 valence electrons. The lowest BCUT2D eigenvalue weighted by atomic mass is 9.84. The molecule has 2 aromatic rings. The molecule has 4 rings (SSSR count). The van der Waals surface area contributed by atoms with Crippen LogP contribution in [0.25, 0.3) is 0 Å². The molecule has 8 nitrogen and oxygen atoms in total. The zero-order chi connectivity index (χ0) is 25.2. The van der Waals surface area contributed by atoms with Crippen LogP contribution in [0.4, 0.5) is 11.6 Å². The molecule has 3 heterocycles. The van der Waals surface area contributed by atoms with Gasteiger partial charge < -0.3 is 10.2 Å². The van der Waals surface area contributed by atoms with Crippen molar-refractivity contribution in [2.45, 2.75) is 82.8 Å². The number of sulfonamides is 1. The lowest BCUT2D eigenvalue weighted by Crippen LogP contribution is -2.41. The molecule has 2 unspecified atom stereocenters. The second kappa shape index (κ2) is 10.1. The third-order valence-corrected chi connectivity index (χ3v) is 8.55. The fourth-order valence-electron chi connectivity index (χ4n) is 5.61. The second-order valence-electron chi connectivity index (χ2n) is 10.7. The Kier molecular flexibility index (Phi) is 7.35. The number of hydrogen-bond donors (Lipinski definition) is 2. The van der Waals surface area contributed by atoms with E-state index in [2.05, 4.69) is 52.6 Å². The van der Waals surface area contributed by atoms with Crippen LogP contribution in [0, 0.1) is 11.8 Å². The summed E-state index contributed by atoms with van der Waals surface area (Å²) < 4.78 is 28.4. The molecule has 35 heavy (non-hydrogen) atoms. The van der Waals surface area contributed by atoms with E-state index >= 15 is 0 Å². The van der Waals surface area contributed by atoms with E-state index in [9.17, 15) is 13.2 Å². The van der Waals surface area contributed by atoms with Gasteiger partial charge in [0, 0.05) is 24.3 Å². The molecule has 2 N–H and O–H groups in total. The minimum atomic E-state index is -4.17. The summed E-state index contributed by atoms with van der Waals surface area (Å²) in [5.74, 6) is 1.28. The van der Waals surface area contributed by atoms with Gasteiger partial charge in [0.2, 0.25) is 0 Å². The third kappa shape index (κ3) is 5.77. The van der Waals surface area contributed by atoms with E-state index in [0.717, 1.165) is 13.0 Å². The van der Waals surface area contributed by atoms with Crippen molar-refractivity contribution in [1.82, 2.24) is 14.7 Å². The predicted octanol–water partition coefficient (Wildman–Crippen LogP) is 4.60. The summed E-state index contributed by atoms with van der Waals surface area (Å²) >= 11 is 0. The molecule has 0 aromatic carbocycles. The number of amides is 1. The molecule has 2 fully saturated rings. The number of carbonyl (C=O) groups is 1. The van der Waals surface area contributed by atoms with Crippen LogP contribution in [-0.4, -0.2) is 42.4 Å². The van der Waals surface area contributed by atoms with Crippen LogP contribution in [0.15, 0.2) is 41.6 Å². The average molecular weight is 500 g/mol. The zero-order valence-electron chi connectivity index (χ0n) is 21.1.